The van der Waals surface area contributed by atoms with Gasteiger partial charge in [-0.3, -0.25) is 4.79 Å². The molecule has 1 N–H and O–H groups in total. The summed E-state index contributed by atoms with van der Waals surface area (Å²) in [7, 11) is -3.04. The zero-order chi connectivity index (χ0) is 18.4. The number of hydrogen-bond acceptors (Lipinski definition) is 5. The first-order chi connectivity index (χ1) is 11.5. The SMILES string of the molecule is CC(C)(C)c1cc(NC(=O)c2ccc(Br)s2)n([C@H]2CCS(=O)(=O)C2)n1. The van der Waals surface area contributed by atoms with Crippen LogP contribution in [0.1, 0.15) is 48.6 Å². The predicted molar refractivity (Wildman–Crippen MR) is 103 cm³/mol. The molecule has 1 aliphatic heterocycles. The molecule has 0 unspecified atom stereocenters. The highest BCUT2D eigenvalue weighted by molar-refractivity contribution is 9.11. The van der Waals surface area contributed by atoms with E-state index < -0.39 is 9.84 Å². The van der Waals surface area contributed by atoms with Crippen LogP contribution in [0.15, 0.2) is 22.0 Å². The Morgan fingerprint density at radius 1 is 1.40 bits per heavy atom. The Morgan fingerprint density at radius 3 is 2.64 bits per heavy atom. The summed E-state index contributed by atoms with van der Waals surface area (Å²) in [6, 6.07) is 5.16. The lowest BCUT2D eigenvalue weighted by atomic mass is 9.92. The quantitative estimate of drug-likeness (QED) is 0.781. The van der Waals surface area contributed by atoms with E-state index in [1.807, 2.05) is 32.9 Å². The maximum Gasteiger partial charge on any atom is 0.266 e. The molecule has 0 saturated carbocycles. The van der Waals surface area contributed by atoms with E-state index in [1.54, 1.807) is 10.7 Å². The summed E-state index contributed by atoms with van der Waals surface area (Å²) in [5.74, 6) is 0.541. The van der Waals surface area contributed by atoms with Gasteiger partial charge in [0.25, 0.3) is 5.91 Å². The first-order valence-electron chi connectivity index (χ1n) is 7.92. The molecule has 0 bridgehead atoms. The number of nitrogens with one attached hydrogen (secondary N) is 1. The fourth-order valence-electron chi connectivity index (χ4n) is 2.72. The van der Waals surface area contributed by atoms with Crippen molar-refractivity contribution in [3.63, 3.8) is 0 Å². The second-order valence-corrected chi connectivity index (χ2v) is 11.9. The maximum absolute atomic E-state index is 12.5. The lowest BCUT2D eigenvalue weighted by Crippen LogP contribution is -2.19. The van der Waals surface area contributed by atoms with Crippen molar-refractivity contribution in [2.75, 3.05) is 16.8 Å². The zero-order valence-corrected chi connectivity index (χ0v) is 17.5. The minimum Gasteiger partial charge on any atom is -0.306 e. The lowest BCUT2D eigenvalue weighted by Gasteiger charge is -2.15. The molecule has 3 rings (SSSR count). The molecule has 9 heteroatoms. The number of hydrogen-bond donors (Lipinski definition) is 1. The summed E-state index contributed by atoms with van der Waals surface area (Å²) in [4.78, 5) is 13.1. The highest BCUT2D eigenvalue weighted by atomic mass is 79.9. The third-order valence-corrected chi connectivity index (χ3v) is 7.47. The van der Waals surface area contributed by atoms with E-state index in [2.05, 4.69) is 26.3 Å². The predicted octanol–water partition coefficient (Wildman–Crippen LogP) is 3.62. The normalized spacial score (nSPS) is 19.9. The standard InChI is InChI=1S/C16H20BrN3O3S2/c1-16(2,3)12-8-14(18-15(21)11-4-5-13(17)24-11)20(19-12)10-6-7-25(22,23)9-10/h4-5,8,10H,6-7,9H2,1-3H3,(H,18,21)/t10-/m0/s1. The van der Waals surface area contributed by atoms with Crippen LogP contribution >= 0.6 is 27.3 Å². The van der Waals surface area contributed by atoms with Crippen molar-refractivity contribution in [3.05, 3.63) is 32.6 Å². The lowest BCUT2D eigenvalue weighted by molar-refractivity contribution is 0.102. The Bertz CT molecular complexity index is 909. The van der Waals surface area contributed by atoms with Gasteiger partial charge in [0.1, 0.15) is 5.82 Å². The Morgan fingerprint density at radius 2 is 2.12 bits per heavy atom. The molecule has 6 nitrogen and oxygen atoms in total. The van der Waals surface area contributed by atoms with Gasteiger partial charge in [0.15, 0.2) is 9.84 Å². The van der Waals surface area contributed by atoms with E-state index >= 15 is 0 Å². The van der Waals surface area contributed by atoms with Gasteiger partial charge in [0.2, 0.25) is 0 Å². The molecular formula is C16H20BrN3O3S2. The number of thiophene rings is 1. The largest absolute Gasteiger partial charge is 0.306 e. The van der Waals surface area contributed by atoms with Crippen molar-refractivity contribution in [1.82, 2.24) is 9.78 Å². The molecule has 2 aromatic heterocycles. The molecule has 25 heavy (non-hydrogen) atoms. The molecule has 0 spiro atoms. The first kappa shape index (κ1) is 18.6. The summed E-state index contributed by atoms with van der Waals surface area (Å²) in [6.45, 7) is 6.10. The number of sulfone groups is 1. The van der Waals surface area contributed by atoms with E-state index in [1.165, 1.54) is 11.3 Å². The molecule has 0 aromatic carbocycles. The number of rotatable bonds is 3. The van der Waals surface area contributed by atoms with Gasteiger partial charge in [-0.05, 0) is 34.5 Å². The van der Waals surface area contributed by atoms with Crippen molar-refractivity contribution in [2.24, 2.45) is 0 Å². The number of carbonyl (C=O) groups is 1. The van der Waals surface area contributed by atoms with Crippen LogP contribution in [0.5, 0.6) is 0 Å². The molecule has 1 atom stereocenters. The Hall–Kier alpha value is -1.19. The number of amides is 1. The van der Waals surface area contributed by atoms with Crippen LogP contribution < -0.4 is 5.32 Å². The fourth-order valence-corrected chi connectivity index (χ4v) is 5.69. The van der Waals surface area contributed by atoms with E-state index in [0.717, 1.165) is 9.48 Å². The smallest absolute Gasteiger partial charge is 0.266 e. The third-order valence-electron chi connectivity index (χ3n) is 4.10. The van der Waals surface area contributed by atoms with Gasteiger partial charge in [0, 0.05) is 11.5 Å². The van der Waals surface area contributed by atoms with E-state index in [9.17, 15) is 13.2 Å². The van der Waals surface area contributed by atoms with Crippen molar-refractivity contribution in [3.8, 4) is 0 Å². The van der Waals surface area contributed by atoms with Gasteiger partial charge in [-0.1, -0.05) is 20.8 Å². The molecule has 2 aromatic rings. The summed E-state index contributed by atoms with van der Waals surface area (Å²) in [5, 5.41) is 7.51. The minimum absolute atomic E-state index is 0.0612. The summed E-state index contributed by atoms with van der Waals surface area (Å²) in [5.41, 5.74) is 0.619. The number of anilines is 1. The Balaban J connectivity index is 1.94. The molecule has 0 radical (unpaired) electrons. The van der Waals surface area contributed by atoms with Crippen LogP contribution in [0.3, 0.4) is 0 Å². The van der Waals surface area contributed by atoms with Crippen molar-refractivity contribution < 1.29 is 13.2 Å². The van der Waals surface area contributed by atoms with E-state index in [4.69, 9.17) is 0 Å². The van der Waals surface area contributed by atoms with Crippen LogP contribution in [0.25, 0.3) is 0 Å². The highest BCUT2D eigenvalue weighted by Gasteiger charge is 2.33. The molecule has 3 heterocycles. The van der Waals surface area contributed by atoms with Gasteiger partial charge in [-0.15, -0.1) is 11.3 Å². The average Bonchev–Trinajstić information content (AvgIpc) is 3.16. The summed E-state index contributed by atoms with van der Waals surface area (Å²) >= 11 is 4.70. The third kappa shape index (κ3) is 4.15. The molecule has 136 valence electrons. The number of carbonyl (C=O) groups excluding carboxylic acids is 1. The van der Waals surface area contributed by atoms with Crippen molar-refractivity contribution in [2.45, 2.75) is 38.6 Å². The van der Waals surface area contributed by atoms with Gasteiger partial charge in [-0.25, -0.2) is 13.1 Å². The average molecular weight is 446 g/mol. The van der Waals surface area contributed by atoms with Crippen LogP contribution in [0.2, 0.25) is 0 Å². The summed E-state index contributed by atoms with van der Waals surface area (Å²) < 4.78 is 26.2. The van der Waals surface area contributed by atoms with Crippen LogP contribution in [-0.4, -0.2) is 35.6 Å². The van der Waals surface area contributed by atoms with Gasteiger partial charge < -0.3 is 5.32 Å². The van der Waals surface area contributed by atoms with Crippen LogP contribution in [0.4, 0.5) is 5.82 Å². The van der Waals surface area contributed by atoms with E-state index in [-0.39, 0.29) is 28.9 Å². The molecule has 1 fully saturated rings. The van der Waals surface area contributed by atoms with Crippen molar-refractivity contribution in [1.29, 1.82) is 0 Å². The molecule has 1 amide bonds. The topological polar surface area (TPSA) is 81.1 Å². The highest BCUT2D eigenvalue weighted by Crippen LogP contribution is 2.31. The summed E-state index contributed by atoms with van der Waals surface area (Å²) in [6.07, 6.45) is 0.515. The van der Waals surface area contributed by atoms with Crippen molar-refractivity contribution >= 4 is 48.8 Å². The van der Waals surface area contributed by atoms with E-state index in [0.29, 0.717) is 17.1 Å². The second-order valence-electron chi connectivity index (χ2n) is 7.22. The van der Waals surface area contributed by atoms with Gasteiger partial charge in [-0.2, -0.15) is 5.10 Å². The number of nitrogens with zero attached hydrogens (tertiary/aromatic N) is 2. The van der Waals surface area contributed by atoms with Crippen LogP contribution in [0, 0.1) is 0 Å². The minimum atomic E-state index is -3.04. The maximum atomic E-state index is 12.5. The second kappa shape index (κ2) is 6.51. The number of aromatic nitrogens is 2. The molecular weight excluding hydrogens is 426 g/mol. The monoisotopic (exact) mass is 445 g/mol. The molecule has 1 saturated heterocycles. The Labute approximate surface area is 159 Å². The van der Waals surface area contributed by atoms with Gasteiger partial charge >= 0.3 is 0 Å². The molecule has 0 aliphatic carbocycles. The Kier molecular flexibility index (Phi) is 4.85. The van der Waals surface area contributed by atoms with Crippen LogP contribution in [-0.2, 0) is 15.3 Å². The first-order valence-corrected chi connectivity index (χ1v) is 11.4. The fraction of sp³-hybridized carbons (Fsp3) is 0.500. The number of halogens is 1. The zero-order valence-electron chi connectivity index (χ0n) is 14.2. The molecule has 1 aliphatic rings. The van der Waals surface area contributed by atoms with Gasteiger partial charge in [0.05, 0.1) is 31.9 Å².